The second-order valence-corrected chi connectivity index (χ2v) is 5.55. The SMILES string of the molecule is C[C@@H](O)c1cc(F)ccc1OCC(=O)NC1CCCCC1. The summed E-state index contributed by atoms with van der Waals surface area (Å²) in [6.45, 7) is 1.41. The number of nitrogens with one attached hydrogen (secondary N) is 1. The van der Waals surface area contributed by atoms with Crippen LogP contribution in [-0.4, -0.2) is 23.7 Å². The molecule has 1 amide bonds. The van der Waals surface area contributed by atoms with Crippen LogP contribution in [0.4, 0.5) is 4.39 Å². The number of hydrogen-bond donors (Lipinski definition) is 2. The van der Waals surface area contributed by atoms with E-state index in [-0.39, 0.29) is 18.6 Å². The third kappa shape index (κ3) is 4.70. The maximum Gasteiger partial charge on any atom is 0.258 e. The molecule has 1 aromatic rings. The number of aliphatic hydroxyl groups is 1. The molecule has 1 saturated carbocycles. The van der Waals surface area contributed by atoms with Crippen molar-refractivity contribution in [2.45, 2.75) is 51.2 Å². The molecule has 116 valence electrons. The van der Waals surface area contributed by atoms with Gasteiger partial charge in [0.25, 0.3) is 5.91 Å². The second kappa shape index (κ2) is 7.41. The first-order valence-electron chi connectivity index (χ1n) is 7.46. The standard InChI is InChI=1S/C16H22FNO3/c1-11(19)14-9-12(17)7-8-15(14)21-10-16(20)18-13-5-3-2-4-6-13/h7-9,11,13,19H,2-6,10H2,1H3,(H,18,20)/t11-/m1/s1. The molecule has 2 rings (SSSR count). The van der Waals surface area contributed by atoms with E-state index in [9.17, 15) is 14.3 Å². The first-order valence-corrected chi connectivity index (χ1v) is 7.46. The van der Waals surface area contributed by atoms with Crippen LogP contribution in [0, 0.1) is 5.82 Å². The van der Waals surface area contributed by atoms with E-state index in [2.05, 4.69) is 5.32 Å². The largest absolute Gasteiger partial charge is 0.483 e. The molecule has 0 radical (unpaired) electrons. The Labute approximate surface area is 124 Å². The molecule has 0 saturated heterocycles. The number of rotatable bonds is 5. The Morgan fingerprint density at radius 3 is 2.81 bits per heavy atom. The van der Waals surface area contributed by atoms with Gasteiger partial charge >= 0.3 is 0 Å². The number of carbonyl (C=O) groups excluding carboxylic acids is 1. The molecule has 0 heterocycles. The fraction of sp³-hybridized carbons (Fsp3) is 0.562. The van der Waals surface area contributed by atoms with Crippen LogP contribution >= 0.6 is 0 Å². The zero-order valence-electron chi connectivity index (χ0n) is 12.3. The summed E-state index contributed by atoms with van der Waals surface area (Å²) < 4.78 is 18.6. The zero-order chi connectivity index (χ0) is 15.2. The van der Waals surface area contributed by atoms with Crippen molar-refractivity contribution in [2.75, 3.05) is 6.61 Å². The van der Waals surface area contributed by atoms with Gasteiger partial charge in [0.1, 0.15) is 11.6 Å². The van der Waals surface area contributed by atoms with Crippen LogP contribution in [-0.2, 0) is 4.79 Å². The molecular weight excluding hydrogens is 273 g/mol. The molecule has 21 heavy (non-hydrogen) atoms. The Balaban J connectivity index is 1.88. The monoisotopic (exact) mass is 295 g/mol. The normalized spacial score (nSPS) is 17.3. The van der Waals surface area contributed by atoms with Crippen molar-refractivity contribution in [2.24, 2.45) is 0 Å². The predicted molar refractivity (Wildman–Crippen MR) is 77.5 cm³/mol. The lowest BCUT2D eigenvalue weighted by molar-refractivity contribution is -0.124. The van der Waals surface area contributed by atoms with Crippen LogP contribution in [0.2, 0.25) is 0 Å². The minimum atomic E-state index is -0.850. The maximum absolute atomic E-state index is 13.2. The smallest absolute Gasteiger partial charge is 0.258 e. The molecule has 1 aliphatic carbocycles. The van der Waals surface area contributed by atoms with Gasteiger partial charge in [-0.2, -0.15) is 0 Å². The number of carbonyl (C=O) groups is 1. The number of hydrogen-bond acceptors (Lipinski definition) is 3. The second-order valence-electron chi connectivity index (χ2n) is 5.55. The number of amides is 1. The Morgan fingerprint density at radius 2 is 2.14 bits per heavy atom. The summed E-state index contributed by atoms with van der Waals surface area (Å²) in [5.74, 6) is -0.280. The van der Waals surface area contributed by atoms with Crippen LogP contribution in [0.1, 0.15) is 50.7 Å². The van der Waals surface area contributed by atoms with Crippen LogP contribution < -0.4 is 10.1 Å². The minimum Gasteiger partial charge on any atom is -0.483 e. The Hall–Kier alpha value is -1.62. The average molecular weight is 295 g/mol. The van der Waals surface area contributed by atoms with Crippen molar-refractivity contribution in [1.82, 2.24) is 5.32 Å². The van der Waals surface area contributed by atoms with Crippen LogP contribution in [0.3, 0.4) is 0 Å². The van der Waals surface area contributed by atoms with Gasteiger partial charge in [0.05, 0.1) is 6.10 Å². The van der Waals surface area contributed by atoms with E-state index in [1.807, 2.05) is 0 Å². The van der Waals surface area contributed by atoms with E-state index in [1.165, 1.54) is 31.5 Å². The fourth-order valence-corrected chi connectivity index (χ4v) is 2.64. The third-order valence-corrected chi connectivity index (χ3v) is 3.75. The summed E-state index contributed by atoms with van der Waals surface area (Å²) in [5.41, 5.74) is 0.348. The van der Waals surface area contributed by atoms with Crippen molar-refractivity contribution in [3.8, 4) is 5.75 Å². The minimum absolute atomic E-state index is 0.123. The molecule has 1 aliphatic rings. The van der Waals surface area contributed by atoms with E-state index >= 15 is 0 Å². The molecule has 1 aromatic carbocycles. The number of benzene rings is 1. The highest BCUT2D eigenvalue weighted by Gasteiger charge is 2.17. The highest BCUT2D eigenvalue weighted by atomic mass is 19.1. The molecule has 2 N–H and O–H groups in total. The molecule has 0 aromatic heterocycles. The van der Waals surface area contributed by atoms with Crippen molar-refractivity contribution in [3.63, 3.8) is 0 Å². The Kier molecular flexibility index (Phi) is 5.56. The summed E-state index contributed by atoms with van der Waals surface area (Å²) in [6, 6.07) is 4.14. The molecule has 0 spiro atoms. The lowest BCUT2D eigenvalue weighted by atomic mass is 9.95. The van der Waals surface area contributed by atoms with Crippen molar-refractivity contribution < 1.29 is 19.0 Å². The lowest BCUT2D eigenvalue weighted by Gasteiger charge is -2.23. The van der Waals surface area contributed by atoms with Crippen LogP contribution in [0.25, 0.3) is 0 Å². The van der Waals surface area contributed by atoms with Gasteiger partial charge < -0.3 is 15.2 Å². The molecule has 0 bridgehead atoms. The topological polar surface area (TPSA) is 58.6 Å². The molecular formula is C16H22FNO3. The van der Waals surface area contributed by atoms with Gasteiger partial charge in [0, 0.05) is 11.6 Å². The van der Waals surface area contributed by atoms with Crippen molar-refractivity contribution in [3.05, 3.63) is 29.6 Å². The molecule has 1 atom stereocenters. The molecule has 0 aliphatic heterocycles. The quantitative estimate of drug-likeness (QED) is 0.878. The Morgan fingerprint density at radius 1 is 1.43 bits per heavy atom. The van der Waals surface area contributed by atoms with Crippen molar-refractivity contribution >= 4 is 5.91 Å². The molecule has 4 nitrogen and oxygen atoms in total. The zero-order valence-corrected chi connectivity index (χ0v) is 12.3. The average Bonchev–Trinajstić information content (AvgIpc) is 2.47. The van der Waals surface area contributed by atoms with Crippen molar-refractivity contribution in [1.29, 1.82) is 0 Å². The summed E-state index contributed by atoms with van der Waals surface area (Å²) in [5, 5.41) is 12.6. The van der Waals surface area contributed by atoms with E-state index in [4.69, 9.17) is 4.74 Å². The van der Waals surface area contributed by atoms with Gasteiger partial charge in [-0.15, -0.1) is 0 Å². The lowest BCUT2D eigenvalue weighted by Crippen LogP contribution is -2.39. The van der Waals surface area contributed by atoms with Gasteiger partial charge in [-0.3, -0.25) is 4.79 Å². The van der Waals surface area contributed by atoms with Gasteiger partial charge in [0.15, 0.2) is 6.61 Å². The molecule has 5 heteroatoms. The summed E-state index contributed by atoms with van der Waals surface area (Å²) in [6.07, 6.45) is 4.71. The van der Waals surface area contributed by atoms with Gasteiger partial charge in [-0.1, -0.05) is 19.3 Å². The van der Waals surface area contributed by atoms with Gasteiger partial charge in [0.2, 0.25) is 0 Å². The van der Waals surface area contributed by atoms with E-state index in [1.54, 1.807) is 0 Å². The van der Waals surface area contributed by atoms with E-state index in [0.717, 1.165) is 25.7 Å². The molecule has 0 unspecified atom stereocenters. The fourth-order valence-electron chi connectivity index (χ4n) is 2.64. The van der Waals surface area contributed by atoms with E-state index in [0.29, 0.717) is 11.3 Å². The summed E-state index contributed by atoms with van der Waals surface area (Å²) in [4.78, 5) is 11.9. The van der Waals surface area contributed by atoms with Crippen LogP contribution in [0.15, 0.2) is 18.2 Å². The summed E-state index contributed by atoms with van der Waals surface area (Å²) >= 11 is 0. The summed E-state index contributed by atoms with van der Waals surface area (Å²) in [7, 11) is 0. The number of ether oxygens (including phenoxy) is 1. The Bertz CT molecular complexity index is 484. The highest BCUT2D eigenvalue weighted by Crippen LogP contribution is 2.26. The van der Waals surface area contributed by atoms with Crippen LogP contribution in [0.5, 0.6) is 5.75 Å². The molecule has 1 fully saturated rings. The maximum atomic E-state index is 13.2. The van der Waals surface area contributed by atoms with Gasteiger partial charge in [-0.05, 0) is 38.0 Å². The third-order valence-electron chi connectivity index (χ3n) is 3.75. The number of halogens is 1. The first-order chi connectivity index (χ1) is 10.1. The highest BCUT2D eigenvalue weighted by molar-refractivity contribution is 5.77. The number of aliphatic hydroxyl groups excluding tert-OH is 1. The van der Waals surface area contributed by atoms with Gasteiger partial charge in [-0.25, -0.2) is 4.39 Å². The van der Waals surface area contributed by atoms with E-state index < -0.39 is 11.9 Å². The predicted octanol–water partition coefficient (Wildman–Crippen LogP) is 2.71. The first kappa shape index (κ1) is 15.8.